The Hall–Kier alpha value is -1.93. The molecule has 1 unspecified atom stereocenters. The molecule has 0 saturated heterocycles. The van der Waals surface area contributed by atoms with Crippen LogP contribution in [0.15, 0.2) is 35.7 Å². The molecule has 2 aromatic heterocycles. The third kappa shape index (κ3) is 2.91. The molecule has 7 nitrogen and oxygen atoms in total. The molecule has 0 fully saturated rings. The van der Waals surface area contributed by atoms with Gasteiger partial charge in [0, 0.05) is 25.6 Å². The summed E-state index contributed by atoms with van der Waals surface area (Å²) in [5, 5.41) is 2.77. The van der Waals surface area contributed by atoms with Crippen LogP contribution in [-0.4, -0.2) is 30.4 Å². The number of aromatic amines is 1. The predicted octanol–water partition coefficient (Wildman–Crippen LogP) is 0.886. The van der Waals surface area contributed by atoms with Crippen molar-refractivity contribution in [3.8, 4) is 0 Å². The molecule has 0 aliphatic carbocycles. The van der Waals surface area contributed by atoms with Crippen LogP contribution in [0.4, 0.5) is 5.69 Å². The Bertz CT molecular complexity index is 639. The molecule has 0 bridgehead atoms. The number of hydrogen-bond acceptors (Lipinski definition) is 5. The minimum atomic E-state index is -3.71. The van der Waals surface area contributed by atoms with Gasteiger partial charge in [-0.05, 0) is 19.1 Å². The molecule has 0 aromatic carbocycles. The molecule has 0 radical (unpaired) electrons. The number of hydrogen-bond donors (Lipinski definition) is 3. The molecule has 0 aliphatic heterocycles. The largest absolute Gasteiger partial charge is 0.386 e. The minimum absolute atomic E-state index is 0.0316. The maximum atomic E-state index is 12.3. The highest BCUT2D eigenvalue weighted by molar-refractivity contribution is 7.89. The van der Waals surface area contributed by atoms with Gasteiger partial charge >= 0.3 is 0 Å². The van der Waals surface area contributed by atoms with Crippen molar-refractivity contribution >= 4 is 15.7 Å². The lowest BCUT2D eigenvalue weighted by molar-refractivity contribution is 0.558. The zero-order valence-corrected chi connectivity index (χ0v) is 11.4. The number of nitrogens with one attached hydrogen (secondary N) is 3. The van der Waals surface area contributed by atoms with E-state index in [1.807, 2.05) is 0 Å². The topological polar surface area (TPSA) is 99.8 Å². The second-order valence-electron chi connectivity index (χ2n) is 3.92. The highest BCUT2D eigenvalue weighted by atomic mass is 32.2. The van der Waals surface area contributed by atoms with E-state index in [9.17, 15) is 8.42 Å². The fraction of sp³-hybridized carbons (Fsp3) is 0.273. The molecular formula is C11H15N5O2S. The lowest BCUT2D eigenvalue weighted by Gasteiger charge is -2.13. The van der Waals surface area contributed by atoms with Crippen molar-refractivity contribution in [2.45, 2.75) is 18.0 Å². The Morgan fingerprint density at radius 2 is 2.11 bits per heavy atom. The number of sulfonamides is 1. The Morgan fingerprint density at radius 1 is 1.32 bits per heavy atom. The smallest absolute Gasteiger partial charge is 0.260 e. The maximum Gasteiger partial charge on any atom is 0.260 e. The van der Waals surface area contributed by atoms with Gasteiger partial charge < -0.3 is 10.3 Å². The highest BCUT2D eigenvalue weighted by Crippen LogP contribution is 2.19. The van der Waals surface area contributed by atoms with Crippen molar-refractivity contribution in [3.05, 3.63) is 36.5 Å². The molecule has 3 N–H and O–H groups in total. The highest BCUT2D eigenvalue weighted by Gasteiger charge is 2.23. The lowest BCUT2D eigenvalue weighted by Crippen LogP contribution is -2.28. The van der Waals surface area contributed by atoms with E-state index in [1.165, 1.54) is 6.20 Å². The third-order valence-corrected chi connectivity index (χ3v) is 4.05. The summed E-state index contributed by atoms with van der Waals surface area (Å²) < 4.78 is 27.1. The molecular weight excluding hydrogens is 266 g/mol. The van der Waals surface area contributed by atoms with Crippen LogP contribution in [0.1, 0.15) is 18.8 Å². The van der Waals surface area contributed by atoms with Gasteiger partial charge in [0.25, 0.3) is 10.0 Å². The molecule has 102 valence electrons. The normalized spacial score (nSPS) is 13.2. The summed E-state index contributed by atoms with van der Waals surface area (Å²) in [6.07, 6.45) is 4.65. The SMILES string of the molecule is CNc1cccnc1S(=O)(=O)NC(C)c1ncc[nH]1. The van der Waals surface area contributed by atoms with Gasteiger partial charge in [-0.3, -0.25) is 0 Å². The van der Waals surface area contributed by atoms with Crippen molar-refractivity contribution in [1.82, 2.24) is 19.7 Å². The van der Waals surface area contributed by atoms with Crippen LogP contribution in [0, 0.1) is 0 Å². The Morgan fingerprint density at radius 3 is 2.74 bits per heavy atom. The molecule has 1 atom stereocenters. The van der Waals surface area contributed by atoms with E-state index >= 15 is 0 Å². The van der Waals surface area contributed by atoms with Gasteiger partial charge in [-0.2, -0.15) is 4.72 Å². The quantitative estimate of drug-likeness (QED) is 0.755. The number of H-pyrrole nitrogens is 1. The van der Waals surface area contributed by atoms with Gasteiger partial charge in [-0.25, -0.2) is 18.4 Å². The van der Waals surface area contributed by atoms with E-state index in [0.29, 0.717) is 11.5 Å². The van der Waals surface area contributed by atoms with Crippen LogP contribution in [0.3, 0.4) is 0 Å². The Balaban J connectivity index is 2.28. The van der Waals surface area contributed by atoms with Crippen LogP contribution in [0.25, 0.3) is 0 Å². The molecule has 8 heteroatoms. The average Bonchev–Trinajstić information content (AvgIpc) is 2.92. The van der Waals surface area contributed by atoms with Crippen LogP contribution in [-0.2, 0) is 10.0 Å². The Labute approximate surface area is 111 Å². The molecule has 0 spiro atoms. The van der Waals surface area contributed by atoms with Crippen molar-refractivity contribution in [2.24, 2.45) is 0 Å². The maximum absolute atomic E-state index is 12.3. The minimum Gasteiger partial charge on any atom is -0.386 e. The van der Waals surface area contributed by atoms with E-state index in [2.05, 4.69) is 25.0 Å². The summed E-state index contributed by atoms with van der Waals surface area (Å²) in [4.78, 5) is 10.8. The molecule has 0 aliphatic rings. The number of imidazole rings is 1. The van der Waals surface area contributed by atoms with Crippen LogP contribution < -0.4 is 10.0 Å². The summed E-state index contributed by atoms with van der Waals surface area (Å²) in [5.74, 6) is 0.547. The second-order valence-corrected chi connectivity index (χ2v) is 5.55. The molecule has 2 rings (SSSR count). The van der Waals surface area contributed by atoms with E-state index in [0.717, 1.165) is 0 Å². The number of pyridine rings is 1. The van der Waals surface area contributed by atoms with Crippen molar-refractivity contribution in [1.29, 1.82) is 0 Å². The van der Waals surface area contributed by atoms with Gasteiger partial charge in [0.1, 0.15) is 5.82 Å². The Kier molecular flexibility index (Phi) is 3.82. The summed E-state index contributed by atoms with van der Waals surface area (Å²) in [5.41, 5.74) is 0.446. The fourth-order valence-corrected chi connectivity index (χ4v) is 3.00. The van der Waals surface area contributed by atoms with Gasteiger partial charge in [0.2, 0.25) is 0 Å². The lowest BCUT2D eigenvalue weighted by atomic mass is 10.3. The van der Waals surface area contributed by atoms with Crippen molar-refractivity contribution in [2.75, 3.05) is 12.4 Å². The van der Waals surface area contributed by atoms with Crippen LogP contribution in [0.2, 0.25) is 0 Å². The van der Waals surface area contributed by atoms with Gasteiger partial charge in [-0.15, -0.1) is 0 Å². The number of anilines is 1. The first-order chi connectivity index (χ1) is 9.04. The first-order valence-electron chi connectivity index (χ1n) is 5.69. The predicted molar refractivity (Wildman–Crippen MR) is 71.1 cm³/mol. The first kappa shape index (κ1) is 13.5. The zero-order valence-electron chi connectivity index (χ0n) is 10.6. The van der Waals surface area contributed by atoms with Crippen molar-refractivity contribution < 1.29 is 8.42 Å². The monoisotopic (exact) mass is 281 g/mol. The molecule has 2 heterocycles. The molecule has 19 heavy (non-hydrogen) atoms. The number of aromatic nitrogens is 3. The van der Waals surface area contributed by atoms with Gasteiger partial charge in [-0.1, -0.05) is 0 Å². The van der Waals surface area contributed by atoms with Crippen LogP contribution in [0.5, 0.6) is 0 Å². The third-order valence-electron chi connectivity index (χ3n) is 2.56. The van der Waals surface area contributed by atoms with E-state index in [4.69, 9.17) is 0 Å². The van der Waals surface area contributed by atoms with E-state index in [1.54, 1.807) is 38.5 Å². The van der Waals surface area contributed by atoms with Crippen molar-refractivity contribution in [3.63, 3.8) is 0 Å². The average molecular weight is 281 g/mol. The number of nitrogens with zero attached hydrogens (tertiary/aromatic N) is 2. The summed E-state index contributed by atoms with van der Waals surface area (Å²) in [6.45, 7) is 1.71. The summed E-state index contributed by atoms with van der Waals surface area (Å²) in [6, 6.07) is 2.85. The summed E-state index contributed by atoms with van der Waals surface area (Å²) in [7, 11) is -2.07. The zero-order chi connectivity index (χ0) is 13.9. The standard InChI is InChI=1S/C11H15N5O2S/c1-8(10-13-6-7-14-10)16-19(17,18)11-9(12-2)4-3-5-15-11/h3-8,12,16H,1-2H3,(H,13,14). The number of rotatable bonds is 5. The first-order valence-corrected chi connectivity index (χ1v) is 7.17. The second kappa shape index (κ2) is 5.37. The molecule has 2 aromatic rings. The van der Waals surface area contributed by atoms with Gasteiger partial charge in [0.15, 0.2) is 5.03 Å². The molecule has 0 amide bonds. The fourth-order valence-electron chi connectivity index (χ4n) is 1.65. The van der Waals surface area contributed by atoms with Crippen LogP contribution >= 0.6 is 0 Å². The molecule has 0 saturated carbocycles. The van der Waals surface area contributed by atoms with E-state index < -0.39 is 16.1 Å². The van der Waals surface area contributed by atoms with E-state index in [-0.39, 0.29) is 5.03 Å². The summed E-state index contributed by atoms with van der Waals surface area (Å²) >= 11 is 0. The van der Waals surface area contributed by atoms with Gasteiger partial charge in [0.05, 0.1) is 11.7 Å².